The molecule has 1 amide bonds. The summed E-state index contributed by atoms with van der Waals surface area (Å²) in [6.45, 7) is 1.74. The molecule has 1 heterocycles. The summed E-state index contributed by atoms with van der Waals surface area (Å²) in [6.07, 6.45) is -2.71. The van der Waals surface area contributed by atoms with Gasteiger partial charge >= 0.3 is 6.18 Å². The summed E-state index contributed by atoms with van der Waals surface area (Å²) in [6, 6.07) is 9.70. The van der Waals surface area contributed by atoms with Gasteiger partial charge in [-0.1, -0.05) is 24.3 Å². The van der Waals surface area contributed by atoms with Crippen LogP contribution >= 0.6 is 0 Å². The Labute approximate surface area is 135 Å². The number of nitrogens with zero attached hydrogens (tertiary/aromatic N) is 2. The van der Waals surface area contributed by atoms with E-state index in [0.717, 1.165) is 12.1 Å². The number of hydrogen-bond acceptors (Lipinski definition) is 2. The maximum absolute atomic E-state index is 12.9. The summed E-state index contributed by atoms with van der Waals surface area (Å²) >= 11 is 0. The topological polar surface area (TPSA) is 60.9 Å². The van der Waals surface area contributed by atoms with Crippen LogP contribution in [0.15, 0.2) is 48.7 Å². The summed E-state index contributed by atoms with van der Waals surface area (Å²) in [4.78, 5) is 11.5. The third-order valence-electron chi connectivity index (χ3n) is 3.91. The molecule has 0 unspecified atom stereocenters. The molecule has 0 saturated carbocycles. The molecule has 2 N–H and O–H groups in total. The number of halogens is 3. The number of alkyl halides is 3. The van der Waals surface area contributed by atoms with Crippen LogP contribution in [-0.2, 0) is 6.18 Å². The Hall–Kier alpha value is -2.83. The van der Waals surface area contributed by atoms with Crippen molar-refractivity contribution in [2.45, 2.75) is 19.1 Å². The predicted octanol–water partition coefficient (Wildman–Crippen LogP) is 3.76. The molecule has 1 aromatic heterocycles. The molecule has 0 saturated heterocycles. The fourth-order valence-corrected chi connectivity index (χ4v) is 2.59. The maximum atomic E-state index is 12.9. The SMILES string of the molecule is C[C@H](c1cccc(C(F)(F)F)c1)n1cc2cccc(C(N)=O)c2n1. The standard InChI is InChI=1S/C17H14F3N3O/c1-10(11-4-2-6-13(8-11)17(18,19)20)23-9-12-5-3-7-14(16(21)24)15(12)22-23/h2-10H,1H3,(H2,21,24)/t10-/m1/s1. The fourth-order valence-electron chi connectivity index (χ4n) is 2.59. The van der Waals surface area contributed by atoms with Crippen LogP contribution in [0.4, 0.5) is 13.2 Å². The van der Waals surface area contributed by atoms with Crippen molar-refractivity contribution in [3.05, 3.63) is 65.4 Å². The smallest absolute Gasteiger partial charge is 0.366 e. The van der Waals surface area contributed by atoms with Crippen LogP contribution in [0, 0.1) is 0 Å². The lowest BCUT2D eigenvalue weighted by Gasteiger charge is -2.15. The van der Waals surface area contributed by atoms with E-state index >= 15 is 0 Å². The van der Waals surface area contributed by atoms with Crippen LogP contribution in [-0.4, -0.2) is 15.7 Å². The molecule has 0 aliphatic rings. The minimum Gasteiger partial charge on any atom is -0.366 e. The van der Waals surface area contributed by atoms with Crippen molar-refractivity contribution in [1.29, 1.82) is 0 Å². The summed E-state index contributed by atoms with van der Waals surface area (Å²) in [5, 5.41) is 5.04. The van der Waals surface area contributed by atoms with Gasteiger partial charge in [-0.05, 0) is 30.7 Å². The number of primary amides is 1. The summed E-state index contributed by atoms with van der Waals surface area (Å²) < 4.78 is 40.1. The fraction of sp³-hybridized carbons (Fsp3) is 0.176. The van der Waals surface area contributed by atoms with Crippen molar-refractivity contribution in [2.75, 3.05) is 0 Å². The van der Waals surface area contributed by atoms with E-state index in [2.05, 4.69) is 5.10 Å². The highest BCUT2D eigenvalue weighted by atomic mass is 19.4. The maximum Gasteiger partial charge on any atom is 0.416 e. The van der Waals surface area contributed by atoms with E-state index in [1.807, 2.05) is 0 Å². The number of fused-ring (bicyclic) bond motifs is 1. The molecule has 0 spiro atoms. The van der Waals surface area contributed by atoms with Gasteiger partial charge in [0.1, 0.15) is 5.52 Å². The lowest BCUT2D eigenvalue weighted by Crippen LogP contribution is -2.12. The Balaban J connectivity index is 2.05. The normalized spacial score (nSPS) is 13.2. The Kier molecular flexibility index (Phi) is 3.79. The molecule has 3 rings (SSSR count). The van der Waals surface area contributed by atoms with E-state index in [1.165, 1.54) is 10.7 Å². The first-order valence-electron chi connectivity index (χ1n) is 7.22. The van der Waals surface area contributed by atoms with Gasteiger partial charge in [-0.15, -0.1) is 0 Å². The Morgan fingerprint density at radius 3 is 2.58 bits per heavy atom. The van der Waals surface area contributed by atoms with Crippen molar-refractivity contribution in [3.8, 4) is 0 Å². The number of nitrogens with two attached hydrogens (primary N) is 1. The number of carbonyl (C=O) groups excluding carboxylic acids is 1. The first kappa shape index (κ1) is 16.0. The first-order valence-corrected chi connectivity index (χ1v) is 7.22. The lowest BCUT2D eigenvalue weighted by atomic mass is 10.1. The molecule has 0 aliphatic carbocycles. The highest BCUT2D eigenvalue weighted by molar-refractivity contribution is 6.04. The van der Waals surface area contributed by atoms with E-state index in [0.29, 0.717) is 16.5 Å². The first-order chi connectivity index (χ1) is 11.3. The molecular formula is C17H14F3N3O. The Bertz CT molecular complexity index is 915. The number of carbonyl (C=O) groups is 1. The average molecular weight is 333 g/mol. The quantitative estimate of drug-likeness (QED) is 0.793. The molecule has 3 aromatic rings. The van der Waals surface area contributed by atoms with Gasteiger partial charge in [0.15, 0.2) is 0 Å². The number of amides is 1. The van der Waals surface area contributed by atoms with Gasteiger partial charge in [0.2, 0.25) is 0 Å². The van der Waals surface area contributed by atoms with Crippen molar-refractivity contribution < 1.29 is 18.0 Å². The number of aromatic nitrogens is 2. The Morgan fingerprint density at radius 2 is 1.92 bits per heavy atom. The minimum absolute atomic E-state index is 0.280. The zero-order valence-corrected chi connectivity index (χ0v) is 12.7. The Morgan fingerprint density at radius 1 is 1.21 bits per heavy atom. The van der Waals surface area contributed by atoms with Gasteiger partial charge in [-0.25, -0.2) is 0 Å². The lowest BCUT2D eigenvalue weighted by molar-refractivity contribution is -0.137. The number of rotatable bonds is 3. The molecule has 7 heteroatoms. The van der Waals surface area contributed by atoms with Crippen molar-refractivity contribution >= 4 is 16.8 Å². The van der Waals surface area contributed by atoms with Crippen LogP contribution in [0.25, 0.3) is 10.9 Å². The number of hydrogen-bond donors (Lipinski definition) is 1. The van der Waals surface area contributed by atoms with Crippen molar-refractivity contribution in [2.24, 2.45) is 5.73 Å². The van der Waals surface area contributed by atoms with E-state index in [9.17, 15) is 18.0 Å². The molecule has 4 nitrogen and oxygen atoms in total. The summed E-state index contributed by atoms with van der Waals surface area (Å²) in [7, 11) is 0. The molecule has 0 bridgehead atoms. The molecular weight excluding hydrogens is 319 g/mol. The summed E-state index contributed by atoms with van der Waals surface area (Å²) in [5.41, 5.74) is 5.81. The minimum atomic E-state index is -4.40. The van der Waals surface area contributed by atoms with Gasteiger partial charge in [0.05, 0.1) is 17.2 Å². The summed E-state index contributed by atoms with van der Waals surface area (Å²) in [5.74, 6) is -0.599. The second-order valence-corrected chi connectivity index (χ2v) is 5.52. The van der Waals surface area contributed by atoms with Gasteiger partial charge in [-0.2, -0.15) is 18.3 Å². The molecule has 1 atom stereocenters. The molecule has 124 valence electrons. The van der Waals surface area contributed by atoms with Crippen molar-refractivity contribution in [1.82, 2.24) is 9.78 Å². The third-order valence-corrected chi connectivity index (χ3v) is 3.91. The van der Waals surface area contributed by atoms with Crippen LogP contribution in [0.1, 0.15) is 34.5 Å². The second-order valence-electron chi connectivity index (χ2n) is 5.52. The third kappa shape index (κ3) is 2.84. The van der Waals surface area contributed by atoms with Crippen LogP contribution in [0.3, 0.4) is 0 Å². The second kappa shape index (κ2) is 5.67. The molecule has 0 aliphatic heterocycles. The van der Waals surface area contributed by atoms with Crippen LogP contribution in [0.2, 0.25) is 0 Å². The van der Waals surface area contributed by atoms with Gasteiger partial charge in [0, 0.05) is 11.6 Å². The average Bonchev–Trinajstić information content (AvgIpc) is 2.97. The van der Waals surface area contributed by atoms with Gasteiger partial charge in [-0.3, -0.25) is 9.48 Å². The van der Waals surface area contributed by atoms with Crippen LogP contribution < -0.4 is 5.73 Å². The highest BCUT2D eigenvalue weighted by Crippen LogP contribution is 2.31. The number of benzene rings is 2. The van der Waals surface area contributed by atoms with E-state index in [1.54, 1.807) is 37.4 Å². The highest BCUT2D eigenvalue weighted by Gasteiger charge is 2.30. The van der Waals surface area contributed by atoms with E-state index in [-0.39, 0.29) is 5.56 Å². The largest absolute Gasteiger partial charge is 0.416 e. The van der Waals surface area contributed by atoms with Gasteiger partial charge < -0.3 is 5.73 Å². The van der Waals surface area contributed by atoms with E-state index in [4.69, 9.17) is 5.73 Å². The van der Waals surface area contributed by atoms with Crippen molar-refractivity contribution in [3.63, 3.8) is 0 Å². The zero-order valence-electron chi connectivity index (χ0n) is 12.7. The molecule has 0 radical (unpaired) electrons. The molecule has 24 heavy (non-hydrogen) atoms. The molecule has 2 aromatic carbocycles. The van der Waals surface area contributed by atoms with Crippen LogP contribution in [0.5, 0.6) is 0 Å². The zero-order chi connectivity index (χ0) is 17.5. The van der Waals surface area contributed by atoms with Gasteiger partial charge in [0.25, 0.3) is 5.91 Å². The predicted molar refractivity (Wildman–Crippen MR) is 83.5 cm³/mol. The monoisotopic (exact) mass is 333 g/mol. The molecule has 0 fully saturated rings. The van der Waals surface area contributed by atoms with E-state index < -0.39 is 23.7 Å².